The Morgan fingerprint density at radius 2 is 1.81 bits per heavy atom. The standard InChI is InChI=1S/C20H30BrN3O2/c1-12(2)17-16(21)18(23-22-17)20(25)24-10-8-15(9-11-24)26-19-13(3)6-5-7-14(19)4/h5-7,12,15-18,22-23H,8-11H2,1-4H3. The number of benzene rings is 1. The Bertz CT molecular complexity index is 624. The lowest BCUT2D eigenvalue weighted by Gasteiger charge is -2.34. The smallest absolute Gasteiger partial charge is 0.242 e. The molecule has 2 fully saturated rings. The Hall–Kier alpha value is -1.11. The predicted octanol–water partition coefficient (Wildman–Crippen LogP) is 2.94. The Morgan fingerprint density at radius 1 is 1.19 bits per heavy atom. The molecule has 3 rings (SSSR count). The lowest BCUT2D eigenvalue weighted by atomic mass is 9.98. The van der Waals surface area contributed by atoms with Gasteiger partial charge in [-0.3, -0.25) is 10.2 Å². The zero-order valence-corrected chi connectivity index (χ0v) is 17.7. The molecule has 0 spiro atoms. The van der Waals surface area contributed by atoms with Gasteiger partial charge in [0, 0.05) is 32.0 Å². The SMILES string of the molecule is Cc1cccc(C)c1OC1CCN(C(=O)C2NNC(C(C)C)C2Br)CC1. The summed E-state index contributed by atoms with van der Waals surface area (Å²) in [6, 6.07) is 6.28. The lowest BCUT2D eigenvalue weighted by Crippen LogP contribution is -2.51. The van der Waals surface area contributed by atoms with Gasteiger partial charge in [-0.25, -0.2) is 5.43 Å². The average molecular weight is 424 g/mol. The first-order chi connectivity index (χ1) is 12.4. The van der Waals surface area contributed by atoms with Crippen LogP contribution >= 0.6 is 15.9 Å². The first-order valence-electron chi connectivity index (χ1n) is 9.55. The number of nitrogens with zero attached hydrogens (tertiary/aromatic N) is 1. The van der Waals surface area contributed by atoms with Crippen molar-refractivity contribution >= 4 is 21.8 Å². The number of likely N-dealkylation sites (tertiary alicyclic amines) is 1. The fourth-order valence-corrected chi connectivity index (χ4v) is 4.93. The van der Waals surface area contributed by atoms with Gasteiger partial charge < -0.3 is 9.64 Å². The molecule has 6 heteroatoms. The van der Waals surface area contributed by atoms with Crippen molar-refractivity contribution in [1.29, 1.82) is 0 Å². The molecular weight excluding hydrogens is 394 g/mol. The van der Waals surface area contributed by atoms with E-state index in [4.69, 9.17) is 4.74 Å². The highest BCUT2D eigenvalue weighted by Crippen LogP contribution is 2.28. The number of ether oxygens (including phenoxy) is 1. The molecule has 2 aliphatic rings. The van der Waals surface area contributed by atoms with Crippen LogP contribution in [0.4, 0.5) is 0 Å². The van der Waals surface area contributed by atoms with E-state index >= 15 is 0 Å². The van der Waals surface area contributed by atoms with Crippen molar-refractivity contribution in [3.05, 3.63) is 29.3 Å². The van der Waals surface area contributed by atoms with Crippen molar-refractivity contribution < 1.29 is 9.53 Å². The average Bonchev–Trinajstić information content (AvgIpc) is 3.00. The van der Waals surface area contributed by atoms with E-state index in [1.165, 1.54) is 11.1 Å². The summed E-state index contributed by atoms with van der Waals surface area (Å²) < 4.78 is 6.26. The number of piperidine rings is 1. The number of aryl methyl sites for hydroxylation is 2. The van der Waals surface area contributed by atoms with E-state index in [2.05, 4.69) is 72.7 Å². The highest BCUT2D eigenvalue weighted by atomic mass is 79.9. The number of amides is 1. The zero-order valence-electron chi connectivity index (χ0n) is 16.1. The number of halogens is 1. The molecule has 2 N–H and O–H groups in total. The maximum atomic E-state index is 12.9. The van der Waals surface area contributed by atoms with Crippen LogP contribution < -0.4 is 15.6 Å². The van der Waals surface area contributed by atoms with E-state index in [-0.39, 0.29) is 28.9 Å². The highest BCUT2D eigenvalue weighted by Gasteiger charge is 2.42. The minimum atomic E-state index is -0.210. The minimum absolute atomic E-state index is 0.110. The largest absolute Gasteiger partial charge is 0.490 e. The first kappa shape index (κ1) is 19.6. The topological polar surface area (TPSA) is 53.6 Å². The van der Waals surface area contributed by atoms with Gasteiger partial charge in [0.2, 0.25) is 5.91 Å². The molecule has 26 heavy (non-hydrogen) atoms. The van der Waals surface area contributed by atoms with Crippen LogP contribution in [-0.2, 0) is 4.79 Å². The third kappa shape index (κ3) is 4.07. The van der Waals surface area contributed by atoms with Crippen molar-refractivity contribution in [3.63, 3.8) is 0 Å². The molecule has 0 saturated carbocycles. The van der Waals surface area contributed by atoms with Crippen LogP contribution in [0, 0.1) is 19.8 Å². The number of carbonyl (C=O) groups excluding carboxylic acids is 1. The van der Waals surface area contributed by atoms with Gasteiger partial charge in [0.05, 0.1) is 4.83 Å². The molecule has 1 aromatic rings. The van der Waals surface area contributed by atoms with Crippen LogP contribution in [0.3, 0.4) is 0 Å². The number of hydrazine groups is 1. The fourth-order valence-electron chi connectivity index (χ4n) is 3.83. The maximum absolute atomic E-state index is 12.9. The predicted molar refractivity (Wildman–Crippen MR) is 108 cm³/mol. The van der Waals surface area contributed by atoms with E-state index in [1.807, 2.05) is 4.90 Å². The molecular formula is C20H30BrN3O2. The summed E-state index contributed by atoms with van der Waals surface area (Å²) in [5.74, 6) is 1.63. The molecule has 144 valence electrons. The highest BCUT2D eigenvalue weighted by molar-refractivity contribution is 9.09. The summed E-state index contributed by atoms with van der Waals surface area (Å²) >= 11 is 3.71. The van der Waals surface area contributed by atoms with Crippen LogP contribution in [0.25, 0.3) is 0 Å². The van der Waals surface area contributed by atoms with Gasteiger partial charge in [0.15, 0.2) is 0 Å². The quantitative estimate of drug-likeness (QED) is 0.730. The number of hydrogen-bond acceptors (Lipinski definition) is 4. The van der Waals surface area contributed by atoms with Gasteiger partial charge in [-0.2, -0.15) is 0 Å². The number of nitrogens with one attached hydrogen (secondary N) is 2. The van der Waals surface area contributed by atoms with Crippen LogP contribution in [0.5, 0.6) is 5.75 Å². The summed E-state index contributed by atoms with van der Waals surface area (Å²) in [4.78, 5) is 15.0. The Morgan fingerprint density at radius 3 is 2.35 bits per heavy atom. The van der Waals surface area contributed by atoms with Gasteiger partial charge in [-0.05, 0) is 30.9 Å². The molecule has 2 aliphatic heterocycles. The normalized spacial score (nSPS) is 27.2. The summed E-state index contributed by atoms with van der Waals surface area (Å²) in [7, 11) is 0. The van der Waals surface area contributed by atoms with Crippen molar-refractivity contribution in [2.24, 2.45) is 5.92 Å². The van der Waals surface area contributed by atoms with Gasteiger partial charge in [-0.1, -0.05) is 48.0 Å². The second-order valence-corrected chi connectivity index (χ2v) is 8.90. The van der Waals surface area contributed by atoms with Crippen LogP contribution in [0.1, 0.15) is 37.8 Å². The summed E-state index contributed by atoms with van der Waals surface area (Å²) in [5.41, 5.74) is 8.79. The number of hydrogen-bond donors (Lipinski definition) is 2. The van der Waals surface area contributed by atoms with Gasteiger partial charge in [0.25, 0.3) is 0 Å². The number of alkyl halides is 1. The van der Waals surface area contributed by atoms with Crippen molar-refractivity contribution in [2.45, 2.75) is 63.6 Å². The second kappa shape index (κ2) is 8.28. The summed E-state index contributed by atoms with van der Waals surface area (Å²) in [5, 5.41) is 0. The molecule has 2 saturated heterocycles. The summed E-state index contributed by atoms with van der Waals surface area (Å²) in [6.45, 7) is 9.99. The van der Waals surface area contributed by atoms with Crippen LogP contribution in [0.15, 0.2) is 18.2 Å². The molecule has 1 amide bonds. The van der Waals surface area contributed by atoms with Gasteiger partial charge in [0.1, 0.15) is 17.9 Å². The molecule has 0 radical (unpaired) electrons. The van der Waals surface area contributed by atoms with Crippen LogP contribution in [0.2, 0.25) is 0 Å². The molecule has 3 atom stereocenters. The Kier molecular flexibility index (Phi) is 6.25. The third-order valence-corrected chi connectivity index (χ3v) is 6.60. The molecule has 0 bridgehead atoms. The molecule has 3 unspecified atom stereocenters. The van der Waals surface area contributed by atoms with Crippen LogP contribution in [-0.4, -0.2) is 46.9 Å². The zero-order chi connectivity index (χ0) is 18.8. The lowest BCUT2D eigenvalue weighted by molar-refractivity contribution is -0.134. The van der Waals surface area contributed by atoms with E-state index in [1.54, 1.807) is 0 Å². The van der Waals surface area contributed by atoms with E-state index in [9.17, 15) is 4.79 Å². The number of carbonyl (C=O) groups is 1. The van der Waals surface area contributed by atoms with Gasteiger partial charge >= 0.3 is 0 Å². The fraction of sp³-hybridized carbons (Fsp3) is 0.650. The number of rotatable bonds is 4. The second-order valence-electron chi connectivity index (χ2n) is 7.84. The van der Waals surface area contributed by atoms with Crippen molar-refractivity contribution in [2.75, 3.05) is 13.1 Å². The number of para-hydroxylation sites is 1. The van der Waals surface area contributed by atoms with E-state index < -0.39 is 0 Å². The molecule has 0 aromatic heterocycles. The molecule has 1 aromatic carbocycles. The Balaban J connectivity index is 1.55. The Labute approximate surface area is 165 Å². The third-order valence-electron chi connectivity index (χ3n) is 5.50. The summed E-state index contributed by atoms with van der Waals surface area (Å²) in [6.07, 6.45) is 1.93. The maximum Gasteiger partial charge on any atom is 0.242 e. The molecule has 5 nitrogen and oxygen atoms in total. The monoisotopic (exact) mass is 423 g/mol. The van der Waals surface area contributed by atoms with E-state index in [0.717, 1.165) is 31.7 Å². The van der Waals surface area contributed by atoms with Gasteiger partial charge in [-0.15, -0.1) is 0 Å². The first-order valence-corrected chi connectivity index (χ1v) is 10.5. The minimum Gasteiger partial charge on any atom is -0.490 e. The molecule has 0 aliphatic carbocycles. The van der Waals surface area contributed by atoms with E-state index in [0.29, 0.717) is 5.92 Å². The van der Waals surface area contributed by atoms with Crippen molar-refractivity contribution in [3.8, 4) is 5.75 Å². The molecule has 2 heterocycles. The van der Waals surface area contributed by atoms with Crippen molar-refractivity contribution in [1.82, 2.24) is 15.8 Å².